The summed E-state index contributed by atoms with van der Waals surface area (Å²) in [6.45, 7) is 2.54. The van der Waals surface area contributed by atoms with Gasteiger partial charge >= 0.3 is 0 Å². The van der Waals surface area contributed by atoms with E-state index < -0.39 is 0 Å². The molecule has 2 N–H and O–H groups in total. The molecular weight excluding hydrogens is 140 g/mol. The van der Waals surface area contributed by atoms with Gasteiger partial charge in [-0.1, -0.05) is 0 Å². The molecule has 1 amide bonds. The fourth-order valence-corrected chi connectivity index (χ4v) is 2.41. The van der Waals surface area contributed by atoms with Crippen molar-refractivity contribution in [1.82, 2.24) is 4.90 Å². The fraction of sp³-hybridized carbons (Fsp3) is 0.875. The molecule has 2 fully saturated rings. The molecule has 1 heterocycles. The van der Waals surface area contributed by atoms with E-state index >= 15 is 0 Å². The van der Waals surface area contributed by atoms with Gasteiger partial charge in [0, 0.05) is 25.6 Å². The van der Waals surface area contributed by atoms with Crippen LogP contribution in [-0.4, -0.2) is 29.4 Å². The highest BCUT2D eigenvalue weighted by atomic mass is 16.2. The zero-order valence-electron chi connectivity index (χ0n) is 6.79. The molecule has 1 saturated heterocycles. The van der Waals surface area contributed by atoms with Crippen molar-refractivity contribution in [2.45, 2.75) is 31.8 Å². The van der Waals surface area contributed by atoms with Crippen LogP contribution in [0.25, 0.3) is 0 Å². The van der Waals surface area contributed by atoms with Crippen LogP contribution in [0.15, 0.2) is 0 Å². The number of hydrogen-bond acceptors (Lipinski definition) is 2. The van der Waals surface area contributed by atoms with Gasteiger partial charge in [-0.3, -0.25) is 4.79 Å². The third-order valence-corrected chi connectivity index (χ3v) is 3.06. The largest absolute Gasteiger partial charge is 0.338 e. The van der Waals surface area contributed by atoms with E-state index in [1.165, 1.54) is 6.42 Å². The molecule has 3 atom stereocenters. The molecule has 0 radical (unpaired) electrons. The topological polar surface area (TPSA) is 46.3 Å². The summed E-state index contributed by atoms with van der Waals surface area (Å²) in [6.07, 6.45) is 2.33. The van der Waals surface area contributed by atoms with Gasteiger partial charge in [0.2, 0.25) is 5.91 Å². The molecule has 0 aromatic heterocycles. The Kier molecular flexibility index (Phi) is 1.42. The minimum Gasteiger partial charge on any atom is -0.338 e. The molecule has 1 saturated carbocycles. The van der Waals surface area contributed by atoms with Gasteiger partial charge in [0.05, 0.1) is 0 Å². The Morgan fingerprint density at radius 1 is 1.55 bits per heavy atom. The maximum atomic E-state index is 11.1. The number of rotatable bonds is 0. The number of nitrogens with two attached hydrogens (primary N) is 1. The van der Waals surface area contributed by atoms with Gasteiger partial charge in [0.15, 0.2) is 0 Å². The van der Waals surface area contributed by atoms with Gasteiger partial charge in [-0.15, -0.1) is 0 Å². The predicted octanol–water partition coefficient (Wildman–Crippen LogP) is -0.0456. The molecule has 1 aliphatic heterocycles. The number of carbonyl (C=O) groups is 1. The van der Waals surface area contributed by atoms with E-state index in [1.54, 1.807) is 6.92 Å². The maximum Gasteiger partial charge on any atom is 0.219 e. The van der Waals surface area contributed by atoms with Gasteiger partial charge < -0.3 is 10.6 Å². The molecular formula is C8H14N2O. The molecule has 2 aliphatic rings. The summed E-state index contributed by atoms with van der Waals surface area (Å²) in [4.78, 5) is 13.0. The Morgan fingerprint density at radius 3 is 2.55 bits per heavy atom. The summed E-state index contributed by atoms with van der Waals surface area (Å²) in [5.74, 6) is 0.775. The van der Waals surface area contributed by atoms with Crippen molar-refractivity contribution in [2.24, 2.45) is 11.7 Å². The molecule has 2 rings (SSSR count). The van der Waals surface area contributed by atoms with E-state index in [0.29, 0.717) is 12.0 Å². The first-order valence-electron chi connectivity index (χ1n) is 4.23. The highest BCUT2D eigenvalue weighted by Gasteiger charge is 2.45. The smallest absolute Gasteiger partial charge is 0.219 e. The summed E-state index contributed by atoms with van der Waals surface area (Å²) in [7, 11) is 0. The summed E-state index contributed by atoms with van der Waals surface area (Å²) in [6, 6.07) is 0.622. The van der Waals surface area contributed by atoms with Gasteiger partial charge in [0.25, 0.3) is 0 Å². The second kappa shape index (κ2) is 2.21. The monoisotopic (exact) mass is 154 g/mol. The number of nitrogens with zero attached hydrogens (tertiary/aromatic N) is 1. The molecule has 0 unspecified atom stereocenters. The standard InChI is InChI=1S/C8H14N2O/c1-5(11)10-4-6-2-3-7(10)8(6)9/h6-8H,2-4,9H2,1H3/t6-,7-,8-/m1/s1. The van der Waals surface area contributed by atoms with Crippen LogP contribution in [0.3, 0.4) is 0 Å². The Balaban J connectivity index is 2.14. The summed E-state index contributed by atoms with van der Waals surface area (Å²) in [5, 5.41) is 0. The van der Waals surface area contributed by atoms with Crippen molar-refractivity contribution in [3.05, 3.63) is 0 Å². The Labute approximate surface area is 66.5 Å². The number of amides is 1. The summed E-state index contributed by atoms with van der Waals surface area (Å²) < 4.78 is 0. The van der Waals surface area contributed by atoms with E-state index in [4.69, 9.17) is 5.73 Å². The lowest BCUT2D eigenvalue weighted by Crippen LogP contribution is -2.40. The molecule has 3 heteroatoms. The highest BCUT2D eigenvalue weighted by Crippen LogP contribution is 2.36. The molecule has 3 nitrogen and oxygen atoms in total. The number of piperidine rings is 1. The minimum atomic E-state index is 0.188. The van der Waals surface area contributed by atoms with Crippen LogP contribution in [0.1, 0.15) is 19.8 Å². The van der Waals surface area contributed by atoms with E-state index in [1.807, 2.05) is 4.90 Å². The van der Waals surface area contributed by atoms with Crippen molar-refractivity contribution < 1.29 is 4.79 Å². The van der Waals surface area contributed by atoms with E-state index in [2.05, 4.69) is 0 Å². The number of hydrogen-bond donors (Lipinski definition) is 1. The summed E-state index contributed by atoms with van der Waals surface area (Å²) >= 11 is 0. The van der Waals surface area contributed by atoms with Crippen LogP contribution >= 0.6 is 0 Å². The zero-order chi connectivity index (χ0) is 8.01. The maximum absolute atomic E-state index is 11.1. The van der Waals surface area contributed by atoms with Crippen LogP contribution in [0.4, 0.5) is 0 Å². The van der Waals surface area contributed by atoms with Gasteiger partial charge in [-0.25, -0.2) is 0 Å². The Morgan fingerprint density at radius 2 is 2.27 bits per heavy atom. The van der Waals surface area contributed by atoms with Crippen LogP contribution in [0.5, 0.6) is 0 Å². The van der Waals surface area contributed by atoms with Crippen LogP contribution in [0, 0.1) is 5.92 Å². The second-order valence-corrected chi connectivity index (χ2v) is 3.65. The first-order valence-corrected chi connectivity index (χ1v) is 4.23. The van der Waals surface area contributed by atoms with Gasteiger partial charge in [0.1, 0.15) is 0 Å². The highest BCUT2D eigenvalue weighted by molar-refractivity contribution is 5.74. The Hall–Kier alpha value is -0.570. The van der Waals surface area contributed by atoms with Crippen LogP contribution in [0.2, 0.25) is 0 Å². The normalized spacial score (nSPS) is 41.6. The van der Waals surface area contributed by atoms with Crippen molar-refractivity contribution in [3.8, 4) is 0 Å². The van der Waals surface area contributed by atoms with Crippen molar-refractivity contribution in [1.29, 1.82) is 0 Å². The zero-order valence-corrected chi connectivity index (χ0v) is 6.79. The molecule has 2 bridgehead atoms. The molecule has 0 spiro atoms. The quantitative estimate of drug-likeness (QED) is 0.532. The molecule has 62 valence electrons. The lowest BCUT2D eigenvalue weighted by Gasteiger charge is -2.25. The first kappa shape index (κ1) is 7.10. The molecule has 11 heavy (non-hydrogen) atoms. The predicted molar refractivity (Wildman–Crippen MR) is 41.9 cm³/mol. The number of likely N-dealkylation sites (tertiary alicyclic amines) is 1. The minimum absolute atomic E-state index is 0.188. The third kappa shape index (κ3) is 0.872. The average Bonchev–Trinajstić information content (AvgIpc) is 2.46. The average molecular weight is 154 g/mol. The van der Waals surface area contributed by atoms with Crippen molar-refractivity contribution in [3.63, 3.8) is 0 Å². The third-order valence-electron chi connectivity index (χ3n) is 3.06. The van der Waals surface area contributed by atoms with Crippen LogP contribution in [-0.2, 0) is 4.79 Å². The van der Waals surface area contributed by atoms with E-state index in [-0.39, 0.29) is 11.9 Å². The summed E-state index contributed by atoms with van der Waals surface area (Å²) in [5.41, 5.74) is 5.92. The van der Waals surface area contributed by atoms with Gasteiger partial charge in [-0.05, 0) is 18.8 Å². The Bertz CT molecular complexity index is 193. The number of carbonyl (C=O) groups excluding carboxylic acids is 1. The fourth-order valence-electron chi connectivity index (χ4n) is 2.41. The van der Waals surface area contributed by atoms with Gasteiger partial charge in [-0.2, -0.15) is 0 Å². The van der Waals surface area contributed by atoms with Crippen molar-refractivity contribution >= 4 is 5.91 Å². The lowest BCUT2D eigenvalue weighted by molar-refractivity contribution is -0.130. The molecule has 1 aliphatic carbocycles. The lowest BCUT2D eigenvalue weighted by atomic mass is 10.1. The SMILES string of the molecule is CC(=O)N1C[C@H]2CC[C@@H]1[C@@H]2N. The molecule has 0 aromatic carbocycles. The van der Waals surface area contributed by atoms with E-state index in [0.717, 1.165) is 13.0 Å². The van der Waals surface area contributed by atoms with E-state index in [9.17, 15) is 4.79 Å². The van der Waals surface area contributed by atoms with Crippen LogP contribution < -0.4 is 5.73 Å². The molecule has 0 aromatic rings. The number of fused-ring (bicyclic) bond motifs is 2. The first-order chi connectivity index (χ1) is 5.20. The second-order valence-electron chi connectivity index (χ2n) is 3.65. The van der Waals surface area contributed by atoms with Crippen molar-refractivity contribution in [2.75, 3.05) is 6.54 Å².